The number of nitrogens with zero attached hydrogens (tertiary/aromatic N) is 1. The summed E-state index contributed by atoms with van der Waals surface area (Å²) in [5, 5.41) is 3.03. The first-order valence-corrected chi connectivity index (χ1v) is 8.85. The first-order chi connectivity index (χ1) is 10.7. The van der Waals surface area contributed by atoms with Gasteiger partial charge in [0.1, 0.15) is 0 Å². The molecule has 3 heteroatoms. The van der Waals surface area contributed by atoms with Gasteiger partial charge in [-0.1, -0.05) is 32.6 Å². The molecule has 1 heterocycles. The van der Waals surface area contributed by atoms with Gasteiger partial charge in [0.15, 0.2) is 0 Å². The van der Waals surface area contributed by atoms with Gasteiger partial charge in [-0.25, -0.2) is 0 Å². The van der Waals surface area contributed by atoms with Crippen LogP contribution in [0.2, 0.25) is 0 Å². The lowest BCUT2D eigenvalue weighted by Gasteiger charge is -2.18. The van der Waals surface area contributed by atoms with E-state index >= 15 is 0 Å². The summed E-state index contributed by atoms with van der Waals surface area (Å²) in [6.45, 7) is 4.60. The Morgan fingerprint density at radius 3 is 2.55 bits per heavy atom. The fourth-order valence-corrected chi connectivity index (χ4v) is 3.78. The molecule has 1 aromatic carbocycles. The largest absolute Gasteiger partial charge is 0.371 e. The van der Waals surface area contributed by atoms with E-state index in [2.05, 4.69) is 29.3 Å². The lowest BCUT2D eigenvalue weighted by molar-refractivity contribution is -0.116. The van der Waals surface area contributed by atoms with Gasteiger partial charge in [0.25, 0.3) is 0 Å². The number of rotatable bonds is 5. The van der Waals surface area contributed by atoms with Crippen molar-refractivity contribution in [2.24, 2.45) is 11.8 Å². The lowest BCUT2D eigenvalue weighted by Crippen LogP contribution is -2.19. The predicted molar refractivity (Wildman–Crippen MR) is 92.3 cm³/mol. The highest BCUT2D eigenvalue weighted by atomic mass is 16.1. The van der Waals surface area contributed by atoms with Crippen LogP contribution < -0.4 is 10.2 Å². The second kappa shape index (κ2) is 7.17. The van der Waals surface area contributed by atoms with Crippen molar-refractivity contribution in [1.82, 2.24) is 0 Å². The Bertz CT molecular complexity index is 491. The van der Waals surface area contributed by atoms with Crippen LogP contribution in [0.5, 0.6) is 0 Å². The molecule has 1 N–H and O–H groups in total. The van der Waals surface area contributed by atoms with Gasteiger partial charge in [-0.05, 0) is 48.9 Å². The Morgan fingerprint density at radius 2 is 1.91 bits per heavy atom. The second-order valence-corrected chi connectivity index (χ2v) is 7.12. The number of nitrogens with one attached hydrogen (secondary N) is 1. The van der Waals surface area contributed by atoms with Crippen LogP contribution in [0.1, 0.15) is 51.9 Å². The van der Waals surface area contributed by atoms with Crippen molar-refractivity contribution in [3.05, 3.63) is 24.3 Å². The van der Waals surface area contributed by atoms with Crippen molar-refractivity contribution in [3.8, 4) is 0 Å². The maximum Gasteiger partial charge on any atom is 0.224 e. The summed E-state index contributed by atoms with van der Waals surface area (Å²) >= 11 is 0. The molecule has 0 radical (unpaired) electrons. The topological polar surface area (TPSA) is 32.3 Å². The van der Waals surface area contributed by atoms with Gasteiger partial charge in [0.05, 0.1) is 0 Å². The number of carbonyl (C=O) groups is 1. The summed E-state index contributed by atoms with van der Waals surface area (Å²) in [6.07, 6.45) is 8.32. The average Bonchev–Trinajstić information content (AvgIpc) is 3.17. The molecule has 1 saturated heterocycles. The smallest absolute Gasteiger partial charge is 0.224 e. The van der Waals surface area contributed by atoms with Gasteiger partial charge in [-0.3, -0.25) is 4.79 Å². The van der Waals surface area contributed by atoms with Gasteiger partial charge in [-0.15, -0.1) is 0 Å². The number of carbonyl (C=O) groups excluding carboxylic acids is 1. The van der Waals surface area contributed by atoms with Crippen molar-refractivity contribution < 1.29 is 4.79 Å². The Hall–Kier alpha value is -1.51. The molecule has 1 aliphatic heterocycles. The first kappa shape index (κ1) is 15.4. The SMILES string of the molecule is CC1CCN(c2ccc(NC(=O)CCC3CCCC3)cc2)C1. The predicted octanol–water partition coefficient (Wildman–Crippen LogP) is 4.44. The molecule has 3 nitrogen and oxygen atoms in total. The van der Waals surface area contributed by atoms with Crippen LogP contribution in [0.15, 0.2) is 24.3 Å². The molecule has 0 spiro atoms. The van der Waals surface area contributed by atoms with Gasteiger partial charge < -0.3 is 10.2 Å². The zero-order valence-electron chi connectivity index (χ0n) is 13.7. The van der Waals surface area contributed by atoms with Crippen molar-refractivity contribution >= 4 is 17.3 Å². The monoisotopic (exact) mass is 300 g/mol. The minimum absolute atomic E-state index is 0.162. The van der Waals surface area contributed by atoms with Crippen molar-refractivity contribution in [3.63, 3.8) is 0 Å². The molecule has 1 unspecified atom stereocenters. The highest BCUT2D eigenvalue weighted by molar-refractivity contribution is 5.90. The van der Waals surface area contributed by atoms with Crippen LogP contribution in [0.4, 0.5) is 11.4 Å². The third-order valence-electron chi connectivity index (χ3n) is 5.19. The molecule has 120 valence electrons. The van der Waals surface area contributed by atoms with Crippen LogP contribution >= 0.6 is 0 Å². The lowest BCUT2D eigenvalue weighted by atomic mass is 10.0. The van der Waals surface area contributed by atoms with Gasteiger partial charge >= 0.3 is 0 Å². The zero-order chi connectivity index (χ0) is 15.4. The number of hydrogen-bond acceptors (Lipinski definition) is 2. The first-order valence-electron chi connectivity index (χ1n) is 8.85. The second-order valence-electron chi connectivity index (χ2n) is 7.12. The van der Waals surface area contributed by atoms with E-state index in [9.17, 15) is 4.79 Å². The summed E-state index contributed by atoms with van der Waals surface area (Å²) in [4.78, 5) is 14.5. The quantitative estimate of drug-likeness (QED) is 0.871. The van der Waals surface area contributed by atoms with E-state index in [4.69, 9.17) is 0 Å². The highest BCUT2D eigenvalue weighted by Gasteiger charge is 2.19. The molecule has 0 aromatic heterocycles. The molecular weight excluding hydrogens is 272 g/mol. The van der Waals surface area contributed by atoms with E-state index in [1.54, 1.807) is 0 Å². The molecule has 2 aliphatic rings. The normalized spacial score (nSPS) is 22.2. The maximum atomic E-state index is 12.0. The van der Waals surface area contributed by atoms with Crippen LogP contribution in [0.3, 0.4) is 0 Å². The van der Waals surface area contributed by atoms with Crippen LogP contribution in [-0.2, 0) is 4.79 Å². The molecule has 22 heavy (non-hydrogen) atoms. The standard InChI is InChI=1S/C19H28N2O/c1-15-12-13-21(14-15)18-9-7-17(8-10-18)20-19(22)11-6-16-4-2-3-5-16/h7-10,15-16H,2-6,11-14H2,1H3,(H,20,22). The Labute approximate surface area is 134 Å². The third kappa shape index (κ3) is 4.02. The van der Waals surface area contributed by atoms with E-state index in [-0.39, 0.29) is 5.91 Å². The number of benzene rings is 1. The maximum absolute atomic E-state index is 12.0. The molecule has 1 saturated carbocycles. The van der Waals surface area contributed by atoms with Gasteiger partial charge in [-0.2, -0.15) is 0 Å². The van der Waals surface area contributed by atoms with E-state index in [1.807, 2.05) is 12.1 Å². The molecule has 0 bridgehead atoms. The number of amides is 1. The molecule has 1 aromatic rings. The summed E-state index contributed by atoms with van der Waals surface area (Å²) in [7, 11) is 0. The molecule has 2 fully saturated rings. The van der Waals surface area contributed by atoms with Crippen LogP contribution in [0.25, 0.3) is 0 Å². The van der Waals surface area contributed by atoms with Gasteiger partial charge in [0.2, 0.25) is 5.91 Å². The summed E-state index contributed by atoms with van der Waals surface area (Å²) in [5.74, 6) is 1.73. The van der Waals surface area contributed by atoms with Crippen LogP contribution in [-0.4, -0.2) is 19.0 Å². The number of hydrogen-bond donors (Lipinski definition) is 1. The van der Waals surface area contributed by atoms with E-state index in [1.165, 1.54) is 37.8 Å². The Morgan fingerprint density at radius 1 is 1.18 bits per heavy atom. The third-order valence-corrected chi connectivity index (χ3v) is 5.19. The minimum atomic E-state index is 0.162. The number of anilines is 2. The van der Waals surface area contributed by atoms with Crippen molar-refractivity contribution in [2.45, 2.75) is 51.9 Å². The highest BCUT2D eigenvalue weighted by Crippen LogP contribution is 2.29. The van der Waals surface area contributed by atoms with E-state index in [0.717, 1.165) is 37.0 Å². The van der Waals surface area contributed by atoms with E-state index < -0.39 is 0 Å². The van der Waals surface area contributed by atoms with Crippen molar-refractivity contribution in [1.29, 1.82) is 0 Å². The average molecular weight is 300 g/mol. The zero-order valence-corrected chi connectivity index (χ0v) is 13.7. The summed E-state index contributed by atoms with van der Waals surface area (Å²) in [5.41, 5.74) is 2.20. The van der Waals surface area contributed by atoms with E-state index in [0.29, 0.717) is 6.42 Å². The molecule has 1 aliphatic carbocycles. The molecule has 1 amide bonds. The van der Waals surface area contributed by atoms with Crippen molar-refractivity contribution in [2.75, 3.05) is 23.3 Å². The summed E-state index contributed by atoms with van der Waals surface area (Å²) < 4.78 is 0. The fraction of sp³-hybridized carbons (Fsp3) is 0.632. The van der Waals surface area contributed by atoms with Gasteiger partial charge in [0, 0.05) is 30.9 Å². The Balaban J connectivity index is 1.46. The Kier molecular flexibility index (Phi) is 5.01. The fourth-order valence-electron chi connectivity index (χ4n) is 3.78. The molecule has 1 atom stereocenters. The minimum Gasteiger partial charge on any atom is -0.371 e. The molecular formula is C19H28N2O. The molecule has 3 rings (SSSR count). The summed E-state index contributed by atoms with van der Waals surface area (Å²) in [6, 6.07) is 8.33. The van der Waals surface area contributed by atoms with Crippen LogP contribution in [0, 0.1) is 11.8 Å².